The van der Waals surface area contributed by atoms with Gasteiger partial charge in [0.15, 0.2) is 9.84 Å². The number of benzene rings is 2. The standard InChI is InChI=1S/C14H16N2O2S/c15-16-14(12-7-3-1-4-8-12)11-19(17,18)13-9-5-2-6-10-13/h1-10,14,16H,11,15H2/t14-/m0/s1. The first kappa shape index (κ1) is 13.7. The van der Waals surface area contributed by atoms with Crippen LogP contribution < -0.4 is 11.3 Å². The van der Waals surface area contributed by atoms with Gasteiger partial charge in [-0.15, -0.1) is 0 Å². The minimum atomic E-state index is -3.36. The molecule has 2 aromatic rings. The molecule has 0 aliphatic heterocycles. The molecular formula is C14H16N2O2S. The highest BCUT2D eigenvalue weighted by atomic mass is 32.2. The average Bonchev–Trinajstić information content (AvgIpc) is 2.47. The van der Waals surface area contributed by atoms with Gasteiger partial charge in [0.25, 0.3) is 0 Å². The zero-order valence-electron chi connectivity index (χ0n) is 10.4. The van der Waals surface area contributed by atoms with Crippen molar-refractivity contribution in [2.75, 3.05) is 5.75 Å². The molecule has 0 saturated heterocycles. The van der Waals surface area contributed by atoms with Crippen molar-refractivity contribution >= 4 is 9.84 Å². The van der Waals surface area contributed by atoms with Gasteiger partial charge < -0.3 is 0 Å². The van der Waals surface area contributed by atoms with Gasteiger partial charge in [0, 0.05) is 0 Å². The fourth-order valence-corrected chi connectivity index (χ4v) is 3.36. The van der Waals surface area contributed by atoms with Gasteiger partial charge >= 0.3 is 0 Å². The number of nitrogens with two attached hydrogens (primary N) is 1. The molecule has 1 atom stereocenters. The highest BCUT2D eigenvalue weighted by Gasteiger charge is 2.21. The van der Waals surface area contributed by atoms with Crippen LogP contribution in [0.4, 0.5) is 0 Å². The largest absolute Gasteiger partial charge is 0.271 e. The van der Waals surface area contributed by atoms with Gasteiger partial charge in [0.05, 0.1) is 16.7 Å². The SMILES string of the molecule is NN[C@@H](CS(=O)(=O)c1ccccc1)c1ccccc1. The first-order chi connectivity index (χ1) is 9.13. The van der Waals surface area contributed by atoms with Crippen LogP contribution >= 0.6 is 0 Å². The van der Waals surface area contributed by atoms with Gasteiger partial charge in [0.2, 0.25) is 0 Å². The van der Waals surface area contributed by atoms with Gasteiger partial charge in [-0.2, -0.15) is 0 Å². The molecule has 0 fully saturated rings. The molecule has 0 radical (unpaired) electrons. The van der Waals surface area contributed by atoms with Gasteiger partial charge in [-0.05, 0) is 17.7 Å². The number of rotatable bonds is 5. The third kappa shape index (κ3) is 3.41. The Labute approximate surface area is 113 Å². The van der Waals surface area contributed by atoms with Gasteiger partial charge in [-0.1, -0.05) is 48.5 Å². The number of nitrogens with one attached hydrogen (secondary N) is 1. The van der Waals surface area contributed by atoms with E-state index in [2.05, 4.69) is 5.43 Å². The molecule has 3 N–H and O–H groups in total. The molecule has 2 aromatic carbocycles. The van der Waals surface area contributed by atoms with Crippen molar-refractivity contribution in [3.8, 4) is 0 Å². The van der Waals surface area contributed by atoms with Crippen molar-refractivity contribution in [3.63, 3.8) is 0 Å². The third-order valence-electron chi connectivity index (χ3n) is 2.89. The zero-order chi connectivity index (χ0) is 13.7. The van der Waals surface area contributed by atoms with Crippen LogP contribution in [0.15, 0.2) is 65.6 Å². The molecular weight excluding hydrogens is 260 g/mol. The van der Waals surface area contributed by atoms with Crippen molar-refractivity contribution in [3.05, 3.63) is 66.2 Å². The summed E-state index contributed by atoms with van der Waals surface area (Å²) in [6, 6.07) is 17.3. The average molecular weight is 276 g/mol. The lowest BCUT2D eigenvalue weighted by Gasteiger charge is -2.16. The molecule has 0 saturated carbocycles. The zero-order valence-corrected chi connectivity index (χ0v) is 11.2. The lowest BCUT2D eigenvalue weighted by molar-refractivity contribution is 0.560. The second-order valence-electron chi connectivity index (χ2n) is 4.22. The summed E-state index contributed by atoms with van der Waals surface area (Å²) >= 11 is 0. The van der Waals surface area contributed by atoms with Crippen molar-refractivity contribution in [2.45, 2.75) is 10.9 Å². The monoisotopic (exact) mass is 276 g/mol. The second kappa shape index (κ2) is 5.97. The summed E-state index contributed by atoms with van der Waals surface area (Å²) in [5.41, 5.74) is 3.42. The molecule has 0 unspecified atom stereocenters. The van der Waals surface area contributed by atoms with E-state index in [0.29, 0.717) is 4.90 Å². The molecule has 2 rings (SSSR count). The minimum absolute atomic E-state index is 0.0719. The summed E-state index contributed by atoms with van der Waals surface area (Å²) < 4.78 is 24.6. The molecule has 4 nitrogen and oxygen atoms in total. The quantitative estimate of drug-likeness (QED) is 0.643. The third-order valence-corrected chi connectivity index (χ3v) is 4.65. The first-order valence-electron chi connectivity index (χ1n) is 5.92. The number of hydrazine groups is 1. The van der Waals surface area contributed by atoms with Crippen LogP contribution in [-0.2, 0) is 9.84 Å². The molecule has 5 heteroatoms. The summed E-state index contributed by atoms with van der Waals surface area (Å²) in [6.45, 7) is 0. The summed E-state index contributed by atoms with van der Waals surface area (Å²) in [5.74, 6) is 5.40. The van der Waals surface area contributed by atoms with Gasteiger partial charge in [-0.25, -0.2) is 8.42 Å². The molecule has 100 valence electrons. The summed E-state index contributed by atoms with van der Waals surface area (Å²) in [5, 5.41) is 0. The Kier molecular flexibility index (Phi) is 4.31. The first-order valence-corrected chi connectivity index (χ1v) is 7.57. The summed E-state index contributed by atoms with van der Waals surface area (Å²) in [6.07, 6.45) is 0. The second-order valence-corrected chi connectivity index (χ2v) is 6.26. The van der Waals surface area contributed by atoms with Crippen molar-refractivity contribution < 1.29 is 8.42 Å². The summed E-state index contributed by atoms with van der Waals surface area (Å²) in [7, 11) is -3.36. The van der Waals surface area contributed by atoms with E-state index in [1.807, 2.05) is 30.3 Å². The topological polar surface area (TPSA) is 72.2 Å². The maximum atomic E-state index is 12.3. The normalized spacial score (nSPS) is 13.1. The van der Waals surface area contributed by atoms with E-state index >= 15 is 0 Å². The molecule has 0 heterocycles. The molecule has 0 aliphatic carbocycles. The Morgan fingerprint density at radius 2 is 1.47 bits per heavy atom. The minimum Gasteiger partial charge on any atom is -0.271 e. The van der Waals surface area contributed by atoms with E-state index in [1.165, 1.54) is 0 Å². The maximum absolute atomic E-state index is 12.3. The highest BCUT2D eigenvalue weighted by molar-refractivity contribution is 7.91. The van der Waals surface area contributed by atoms with E-state index in [-0.39, 0.29) is 5.75 Å². The lowest BCUT2D eigenvalue weighted by Crippen LogP contribution is -2.33. The molecule has 0 aliphatic rings. The predicted octanol–water partition coefficient (Wildman–Crippen LogP) is 1.66. The van der Waals surface area contributed by atoms with Crippen molar-refractivity contribution in [2.24, 2.45) is 5.84 Å². The van der Waals surface area contributed by atoms with Crippen LogP contribution in [0, 0.1) is 0 Å². The Morgan fingerprint density at radius 3 is 2.00 bits per heavy atom. The van der Waals surface area contributed by atoms with E-state index in [9.17, 15) is 8.42 Å². The van der Waals surface area contributed by atoms with Crippen LogP contribution in [0.2, 0.25) is 0 Å². The van der Waals surface area contributed by atoms with Crippen LogP contribution in [0.5, 0.6) is 0 Å². The Morgan fingerprint density at radius 1 is 0.947 bits per heavy atom. The van der Waals surface area contributed by atoms with E-state index in [0.717, 1.165) is 5.56 Å². The van der Waals surface area contributed by atoms with Crippen LogP contribution in [0.25, 0.3) is 0 Å². The van der Waals surface area contributed by atoms with E-state index in [1.54, 1.807) is 30.3 Å². The molecule has 0 amide bonds. The summed E-state index contributed by atoms with van der Waals surface area (Å²) in [4.78, 5) is 0.311. The molecule has 0 aromatic heterocycles. The smallest absolute Gasteiger partial charge is 0.180 e. The Hall–Kier alpha value is -1.69. The van der Waals surface area contributed by atoms with E-state index < -0.39 is 15.9 Å². The Bertz CT molecular complexity index is 612. The lowest BCUT2D eigenvalue weighted by atomic mass is 10.1. The molecule has 0 spiro atoms. The van der Waals surface area contributed by atoms with Crippen LogP contribution in [0.3, 0.4) is 0 Å². The fraction of sp³-hybridized carbons (Fsp3) is 0.143. The fourth-order valence-electron chi connectivity index (χ4n) is 1.87. The molecule has 0 bridgehead atoms. The number of hydrogen-bond donors (Lipinski definition) is 2. The van der Waals surface area contributed by atoms with Crippen molar-refractivity contribution in [1.29, 1.82) is 0 Å². The van der Waals surface area contributed by atoms with Crippen LogP contribution in [-0.4, -0.2) is 14.2 Å². The maximum Gasteiger partial charge on any atom is 0.180 e. The number of hydrogen-bond acceptors (Lipinski definition) is 4. The van der Waals surface area contributed by atoms with Gasteiger partial charge in [-0.3, -0.25) is 11.3 Å². The van der Waals surface area contributed by atoms with Crippen LogP contribution in [0.1, 0.15) is 11.6 Å². The van der Waals surface area contributed by atoms with E-state index in [4.69, 9.17) is 5.84 Å². The number of sulfone groups is 1. The Balaban J connectivity index is 2.24. The highest BCUT2D eigenvalue weighted by Crippen LogP contribution is 2.19. The van der Waals surface area contributed by atoms with Gasteiger partial charge in [0.1, 0.15) is 0 Å². The predicted molar refractivity (Wildman–Crippen MR) is 75.0 cm³/mol. The van der Waals surface area contributed by atoms with Crippen molar-refractivity contribution in [1.82, 2.24) is 5.43 Å². The molecule has 19 heavy (non-hydrogen) atoms.